The molecule has 0 N–H and O–H groups in total. The SMILES string of the molecule is COC(=O)c1ccc(-c2c(Cl)c(Cl)c(Cl)c(Cl)c2Cl)nc1F. The first-order chi connectivity index (χ1) is 10.3. The van der Waals surface area contributed by atoms with Gasteiger partial charge in [-0.25, -0.2) is 9.78 Å². The van der Waals surface area contributed by atoms with E-state index >= 15 is 0 Å². The highest BCUT2D eigenvalue weighted by molar-refractivity contribution is 6.56. The maximum atomic E-state index is 13.9. The predicted octanol–water partition coefficient (Wildman–Crippen LogP) is 5.94. The Hall–Kier alpha value is -0.780. The van der Waals surface area contributed by atoms with Gasteiger partial charge in [-0.2, -0.15) is 4.39 Å². The van der Waals surface area contributed by atoms with E-state index in [-0.39, 0.29) is 41.9 Å². The number of hydrogen-bond donors (Lipinski definition) is 0. The minimum absolute atomic E-state index is 0.0197. The topological polar surface area (TPSA) is 39.2 Å². The van der Waals surface area contributed by atoms with Gasteiger partial charge in [0.2, 0.25) is 5.95 Å². The molecule has 1 aromatic heterocycles. The maximum Gasteiger partial charge on any atom is 0.342 e. The number of ether oxygens (including phenoxy) is 1. The van der Waals surface area contributed by atoms with Crippen molar-refractivity contribution in [2.75, 3.05) is 7.11 Å². The minimum atomic E-state index is -1.04. The molecule has 0 spiro atoms. The smallest absolute Gasteiger partial charge is 0.342 e. The molecule has 3 nitrogen and oxygen atoms in total. The van der Waals surface area contributed by atoms with Crippen molar-refractivity contribution in [2.24, 2.45) is 0 Å². The molecule has 2 rings (SSSR count). The molecule has 2 aromatic rings. The van der Waals surface area contributed by atoms with Gasteiger partial charge >= 0.3 is 5.97 Å². The fraction of sp³-hybridized carbons (Fsp3) is 0.0769. The summed E-state index contributed by atoms with van der Waals surface area (Å²) >= 11 is 29.9. The van der Waals surface area contributed by atoms with Gasteiger partial charge < -0.3 is 4.74 Å². The van der Waals surface area contributed by atoms with E-state index in [1.807, 2.05) is 0 Å². The van der Waals surface area contributed by atoms with Gasteiger partial charge in [0.15, 0.2) is 0 Å². The average molecular weight is 403 g/mol. The number of carbonyl (C=O) groups is 1. The van der Waals surface area contributed by atoms with E-state index in [1.54, 1.807) is 0 Å². The highest BCUT2D eigenvalue weighted by atomic mass is 35.5. The van der Waals surface area contributed by atoms with Crippen molar-refractivity contribution in [1.82, 2.24) is 4.98 Å². The lowest BCUT2D eigenvalue weighted by Crippen LogP contribution is -2.06. The first-order valence-corrected chi connectivity index (χ1v) is 7.45. The third-order valence-electron chi connectivity index (χ3n) is 2.72. The number of pyridine rings is 1. The number of benzene rings is 1. The molecule has 1 heterocycles. The fourth-order valence-corrected chi connectivity index (χ4v) is 3.00. The van der Waals surface area contributed by atoms with Gasteiger partial charge in [0.1, 0.15) is 5.56 Å². The van der Waals surface area contributed by atoms with E-state index in [0.717, 1.165) is 7.11 Å². The maximum absolute atomic E-state index is 13.9. The van der Waals surface area contributed by atoms with Crippen LogP contribution in [0.25, 0.3) is 11.3 Å². The summed E-state index contributed by atoms with van der Waals surface area (Å²) in [6.45, 7) is 0. The van der Waals surface area contributed by atoms with Crippen LogP contribution in [-0.4, -0.2) is 18.1 Å². The van der Waals surface area contributed by atoms with Crippen molar-refractivity contribution in [3.05, 3.63) is 48.8 Å². The van der Waals surface area contributed by atoms with E-state index in [9.17, 15) is 9.18 Å². The standard InChI is InChI=1S/C13H5Cl5FNO2/c1-22-13(21)4-2-3-5(20-12(4)19)6-7(14)9(16)11(18)10(17)8(6)15/h2-3H,1H3. The van der Waals surface area contributed by atoms with E-state index in [2.05, 4.69) is 9.72 Å². The van der Waals surface area contributed by atoms with E-state index in [4.69, 9.17) is 58.0 Å². The van der Waals surface area contributed by atoms with Crippen molar-refractivity contribution in [3.8, 4) is 11.3 Å². The molecule has 0 radical (unpaired) electrons. The molecule has 0 bridgehead atoms. The third-order valence-corrected chi connectivity index (χ3v) is 5.00. The second-order valence-corrected chi connectivity index (χ2v) is 5.86. The Morgan fingerprint density at radius 1 is 1.00 bits per heavy atom. The molecule has 9 heteroatoms. The molecule has 0 saturated carbocycles. The molecule has 22 heavy (non-hydrogen) atoms. The van der Waals surface area contributed by atoms with Crippen LogP contribution in [-0.2, 0) is 4.74 Å². The molecule has 1 aromatic carbocycles. The second-order valence-electron chi connectivity index (χ2n) is 3.97. The van der Waals surface area contributed by atoms with Crippen LogP contribution < -0.4 is 0 Å². The Labute approximate surface area is 149 Å². The van der Waals surface area contributed by atoms with Crippen LogP contribution in [0.2, 0.25) is 25.1 Å². The van der Waals surface area contributed by atoms with Gasteiger partial charge in [-0.15, -0.1) is 0 Å². The lowest BCUT2D eigenvalue weighted by molar-refractivity contribution is 0.0594. The van der Waals surface area contributed by atoms with Crippen LogP contribution in [0.1, 0.15) is 10.4 Å². The first kappa shape index (κ1) is 17.6. The van der Waals surface area contributed by atoms with E-state index in [0.29, 0.717) is 0 Å². The van der Waals surface area contributed by atoms with Crippen LogP contribution in [0.3, 0.4) is 0 Å². The molecule has 0 aliphatic rings. The summed E-state index contributed by atoms with van der Waals surface area (Å²) in [4.78, 5) is 15.0. The minimum Gasteiger partial charge on any atom is -0.465 e. The number of nitrogens with zero attached hydrogens (tertiary/aromatic N) is 1. The summed E-state index contributed by atoms with van der Waals surface area (Å²) in [6, 6.07) is 2.52. The zero-order valence-electron chi connectivity index (χ0n) is 10.7. The quantitative estimate of drug-likeness (QED) is 0.270. The highest BCUT2D eigenvalue weighted by Gasteiger charge is 2.23. The summed E-state index contributed by atoms with van der Waals surface area (Å²) < 4.78 is 18.4. The van der Waals surface area contributed by atoms with Gasteiger partial charge in [0, 0.05) is 5.56 Å². The number of methoxy groups -OCH3 is 1. The molecule has 0 aliphatic carbocycles. The Morgan fingerprint density at radius 2 is 1.50 bits per heavy atom. The van der Waals surface area contributed by atoms with Gasteiger partial charge in [-0.3, -0.25) is 0 Å². The molecule has 0 saturated heterocycles. The van der Waals surface area contributed by atoms with Crippen molar-refractivity contribution < 1.29 is 13.9 Å². The monoisotopic (exact) mass is 401 g/mol. The summed E-state index contributed by atoms with van der Waals surface area (Å²) in [6.07, 6.45) is 0. The molecule has 116 valence electrons. The van der Waals surface area contributed by atoms with E-state index < -0.39 is 11.9 Å². The Balaban J connectivity index is 2.68. The van der Waals surface area contributed by atoms with Crippen molar-refractivity contribution >= 4 is 64.0 Å². The summed E-state index contributed by atoms with van der Waals surface area (Å²) in [7, 11) is 1.13. The number of rotatable bonds is 2. The lowest BCUT2D eigenvalue weighted by Gasteiger charge is -2.12. The molecule has 0 atom stereocenters. The molecule has 0 aliphatic heterocycles. The number of esters is 1. The van der Waals surface area contributed by atoms with Gasteiger partial charge in [-0.05, 0) is 12.1 Å². The van der Waals surface area contributed by atoms with Gasteiger partial charge in [-0.1, -0.05) is 58.0 Å². The normalized spacial score (nSPS) is 10.7. The van der Waals surface area contributed by atoms with E-state index in [1.165, 1.54) is 12.1 Å². The number of hydrogen-bond acceptors (Lipinski definition) is 3. The Morgan fingerprint density at radius 3 is 1.95 bits per heavy atom. The first-order valence-electron chi connectivity index (χ1n) is 5.56. The number of carbonyl (C=O) groups excluding carboxylic acids is 1. The van der Waals surface area contributed by atoms with Crippen molar-refractivity contribution in [3.63, 3.8) is 0 Å². The fourth-order valence-electron chi connectivity index (χ4n) is 1.67. The Kier molecular flexibility index (Phi) is 5.41. The highest BCUT2D eigenvalue weighted by Crippen LogP contribution is 2.47. The summed E-state index contributed by atoms with van der Waals surface area (Å²) in [5.41, 5.74) is -0.177. The molecule has 0 fully saturated rings. The average Bonchev–Trinajstić information content (AvgIpc) is 2.50. The summed E-state index contributed by atoms with van der Waals surface area (Å²) in [5, 5.41) is -0.148. The zero-order chi connectivity index (χ0) is 16.6. The van der Waals surface area contributed by atoms with Crippen LogP contribution in [0.5, 0.6) is 0 Å². The molecular weight excluding hydrogens is 398 g/mol. The predicted molar refractivity (Wildman–Crippen MR) is 86.0 cm³/mol. The third kappa shape index (κ3) is 2.99. The van der Waals surface area contributed by atoms with Crippen LogP contribution in [0.15, 0.2) is 12.1 Å². The van der Waals surface area contributed by atoms with Crippen molar-refractivity contribution in [1.29, 1.82) is 0 Å². The largest absolute Gasteiger partial charge is 0.465 e. The van der Waals surface area contributed by atoms with Crippen LogP contribution in [0, 0.1) is 5.95 Å². The second kappa shape index (κ2) is 6.77. The van der Waals surface area contributed by atoms with Gasteiger partial charge in [0.25, 0.3) is 0 Å². The van der Waals surface area contributed by atoms with Crippen LogP contribution >= 0.6 is 58.0 Å². The number of aromatic nitrogens is 1. The summed E-state index contributed by atoms with van der Waals surface area (Å²) in [5.74, 6) is -1.90. The number of halogens is 6. The Bertz CT molecular complexity index is 753. The molecule has 0 amide bonds. The lowest BCUT2D eigenvalue weighted by atomic mass is 10.1. The van der Waals surface area contributed by atoms with Gasteiger partial charge in [0.05, 0.1) is 37.9 Å². The van der Waals surface area contributed by atoms with Crippen LogP contribution in [0.4, 0.5) is 4.39 Å². The van der Waals surface area contributed by atoms with Crippen molar-refractivity contribution in [2.45, 2.75) is 0 Å². The zero-order valence-corrected chi connectivity index (χ0v) is 14.5. The molecule has 0 unspecified atom stereocenters. The molecular formula is C13H5Cl5FNO2.